The Morgan fingerprint density at radius 3 is 1.97 bits per heavy atom. The standard InChI is InChI=1S/C23H18N2O5/c1-13(2)20(26)24-19-12-15-8-4-3-7-14(15)11-18(19)23(29)30-25-21(27)16-9-5-6-10-17(16)22(25)28/h3-13H,1-2H3,(H,24,26). The Morgan fingerprint density at radius 2 is 1.40 bits per heavy atom. The number of fused-ring (bicyclic) bond motifs is 2. The van der Waals surface area contributed by atoms with Crippen molar-refractivity contribution in [2.45, 2.75) is 13.8 Å². The van der Waals surface area contributed by atoms with Gasteiger partial charge in [-0.15, -0.1) is 0 Å². The van der Waals surface area contributed by atoms with Gasteiger partial charge in [0.2, 0.25) is 5.91 Å². The Morgan fingerprint density at radius 1 is 0.867 bits per heavy atom. The molecule has 150 valence electrons. The van der Waals surface area contributed by atoms with E-state index >= 15 is 0 Å². The summed E-state index contributed by atoms with van der Waals surface area (Å²) >= 11 is 0. The third-order valence-corrected chi connectivity index (χ3v) is 4.82. The Balaban J connectivity index is 1.70. The quantitative estimate of drug-likeness (QED) is 0.670. The van der Waals surface area contributed by atoms with Gasteiger partial charge in [0, 0.05) is 5.92 Å². The molecule has 0 aliphatic carbocycles. The molecule has 3 aromatic rings. The van der Waals surface area contributed by atoms with Gasteiger partial charge >= 0.3 is 5.97 Å². The first-order chi connectivity index (χ1) is 14.4. The molecule has 30 heavy (non-hydrogen) atoms. The fourth-order valence-corrected chi connectivity index (χ4v) is 3.17. The predicted octanol–water partition coefficient (Wildman–Crippen LogP) is 3.80. The minimum atomic E-state index is -0.922. The number of hydroxylamine groups is 2. The zero-order valence-corrected chi connectivity index (χ0v) is 16.3. The van der Waals surface area contributed by atoms with Crippen LogP contribution in [-0.4, -0.2) is 28.8 Å². The lowest BCUT2D eigenvalue weighted by molar-refractivity contribution is -0.118. The van der Waals surface area contributed by atoms with Gasteiger partial charge < -0.3 is 10.2 Å². The molecular formula is C23H18N2O5. The summed E-state index contributed by atoms with van der Waals surface area (Å²) in [5.41, 5.74) is 0.623. The van der Waals surface area contributed by atoms with Crippen LogP contribution in [0.4, 0.5) is 5.69 Å². The number of hydrogen-bond acceptors (Lipinski definition) is 5. The van der Waals surface area contributed by atoms with E-state index < -0.39 is 17.8 Å². The molecule has 3 aromatic carbocycles. The number of anilines is 1. The fourth-order valence-electron chi connectivity index (χ4n) is 3.17. The van der Waals surface area contributed by atoms with Gasteiger partial charge in [0.1, 0.15) is 0 Å². The van der Waals surface area contributed by atoms with E-state index in [0.29, 0.717) is 5.06 Å². The summed E-state index contributed by atoms with van der Waals surface area (Å²) in [6.07, 6.45) is 0. The summed E-state index contributed by atoms with van der Waals surface area (Å²) in [6, 6.07) is 16.8. The smallest absolute Gasteiger partial charge is 0.325 e. The van der Waals surface area contributed by atoms with Crippen LogP contribution in [0.2, 0.25) is 0 Å². The number of amides is 3. The lowest BCUT2D eigenvalue weighted by Gasteiger charge is -2.16. The largest absolute Gasteiger partial charge is 0.366 e. The third-order valence-electron chi connectivity index (χ3n) is 4.82. The maximum absolute atomic E-state index is 12.9. The molecule has 1 aliphatic rings. The van der Waals surface area contributed by atoms with Gasteiger partial charge in [-0.3, -0.25) is 14.4 Å². The number of carbonyl (C=O) groups excluding carboxylic acids is 4. The normalized spacial score (nSPS) is 13.0. The van der Waals surface area contributed by atoms with Crippen LogP contribution in [0.25, 0.3) is 10.8 Å². The van der Waals surface area contributed by atoms with Gasteiger partial charge in [0.15, 0.2) is 0 Å². The van der Waals surface area contributed by atoms with E-state index in [9.17, 15) is 19.2 Å². The lowest BCUT2D eigenvalue weighted by atomic mass is 10.0. The number of hydrogen-bond donors (Lipinski definition) is 1. The van der Waals surface area contributed by atoms with Crippen molar-refractivity contribution in [3.05, 3.63) is 77.4 Å². The van der Waals surface area contributed by atoms with Crippen molar-refractivity contribution in [1.29, 1.82) is 0 Å². The van der Waals surface area contributed by atoms with Crippen LogP contribution in [0.15, 0.2) is 60.7 Å². The molecule has 0 spiro atoms. The Labute approximate surface area is 172 Å². The molecule has 4 rings (SSSR count). The van der Waals surface area contributed by atoms with Crippen LogP contribution in [0.5, 0.6) is 0 Å². The maximum Gasteiger partial charge on any atom is 0.366 e. The van der Waals surface area contributed by atoms with Crippen molar-refractivity contribution in [3.8, 4) is 0 Å². The van der Waals surface area contributed by atoms with E-state index in [4.69, 9.17) is 4.84 Å². The topological polar surface area (TPSA) is 92.8 Å². The van der Waals surface area contributed by atoms with Crippen LogP contribution in [0.1, 0.15) is 44.9 Å². The van der Waals surface area contributed by atoms with Crippen molar-refractivity contribution in [2.75, 3.05) is 5.32 Å². The molecule has 1 aliphatic heterocycles. The first-order valence-corrected chi connectivity index (χ1v) is 9.40. The second-order valence-corrected chi connectivity index (χ2v) is 7.22. The Hall–Kier alpha value is -4.00. The summed E-state index contributed by atoms with van der Waals surface area (Å²) < 4.78 is 0. The summed E-state index contributed by atoms with van der Waals surface area (Å²) in [5, 5.41) is 4.73. The summed E-state index contributed by atoms with van der Waals surface area (Å²) in [6.45, 7) is 3.46. The molecule has 7 heteroatoms. The highest BCUT2D eigenvalue weighted by Gasteiger charge is 2.39. The SMILES string of the molecule is CC(C)C(=O)Nc1cc2ccccc2cc1C(=O)ON1C(=O)c2ccccc2C1=O. The van der Waals surface area contributed by atoms with Gasteiger partial charge in [-0.1, -0.05) is 55.3 Å². The Kier molecular flexibility index (Phi) is 4.79. The minimum Gasteiger partial charge on any atom is -0.325 e. The number of imide groups is 1. The van der Waals surface area contributed by atoms with Gasteiger partial charge in [0.25, 0.3) is 11.8 Å². The molecule has 0 radical (unpaired) electrons. The summed E-state index contributed by atoms with van der Waals surface area (Å²) in [7, 11) is 0. The summed E-state index contributed by atoms with van der Waals surface area (Å²) in [4.78, 5) is 55.4. The fraction of sp³-hybridized carbons (Fsp3) is 0.130. The van der Waals surface area contributed by atoms with Gasteiger partial charge in [-0.25, -0.2) is 4.79 Å². The monoisotopic (exact) mass is 402 g/mol. The molecule has 0 fully saturated rings. The molecule has 3 amide bonds. The van der Waals surface area contributed by atoms with Crippen molar-refractivity contribution < 1.29 is 24.0 Å². The zero-order valence-electron chi connectivity index (χ0n) is 16.3. The Bertz CT molecular complexity index is 1180. The van der Waals surface area contributed by atoms with Crippen LogP contribution >= 0.6 is 0 Å². The van der Waals surface area contributed by atoms with Crippen molar-refractivity contribution >= 4 is 40.2 Å². The van der Waals surface area contributed by atoms with Crippen LogP contribution in [0.3, 0.4) is 0 Å². The first kappa shape index (κ1) is 19.3. The third kappa shape index (κ3) is 3.30. The summed E-state index contributed by atoms with van der Waals surface area (Å²) in [5.74, 6) is -2.93. The van der Waals surface area contributed by atoms with Crippen LogP contribution in [-0.2, 0) is 9.63 Å². The zero-order chi connectivity index (χ0) is 21.4. The molecule has 1 heterocycles. The van der Waals surface area contributed by atoms with Crippen LogP contribution in [0, 0.1) is 5.92 Å². The van der Waals surface area contributed by atoms with Gasteiger partial charge in [-0.2, -0.15) is 0 Å². The molecular weight excluding hydrogens is 384 g/mol. The average molecular weight is 402 g/mol. The second-order valence-electron chi connectivity index (χ2n) is 7.22. The van der Waals surface area contributed by atoms with Crippen molar-refractivity contribution in [2.24, 2.45) is 5.92 Å². The van der Waals surface area contributed by atoms with Crippen LogP contribution < -0.4 is 5.32 Å². The molecule has 0 aromatic heterocycles. The number of benzene rings is 3. The van der Waals surface area contributed by atoms with E-state index in [-0.39, 0.29) is 34.2 Å². The molecule has 0 saturated carbocycles. The van der Waals surface area contributed by atoms with Crippen molar-refractivity contribution in [3.63, 3.8) is 0 Å². The number of rotatable bonds is 4. The van der Waals surface area contributed by atoms with Gasteiger partial charge in [-0.05, 0) is 35.0 Å². The molecule has 0 unspecified atom stereocenters. The van der Waals surface area contributed by atoms with E-state index in [0.717, 1.165) is 10.8 Å². The molecule has 7 nitrogen and oxygen atoms in total. The number of nitrogens with one attached hydrogen (secondary N) is 1. The van der Waals surface area contributed by atoms with E-state index in [2.05, 4.69) is 5.32 Å². The predicted molar refractivity (Wildman–Crippen MR) is 110 cm³/mol. The lowest BCUT2D eigenvalue weighted by Crippen LogP contribution is -2.33. The van der Waals surface area contributed by atoms with E-state index in [1.54, 1.807) is 38.1 Å². The van der Waals surface area contributed by atoms with Crippen molar-refractivity contribution in [1.82, 2.24) is 5.06 Å². The highest BCUT2D eigenvalue weighted by molar-refractivity contribution is 6.21. The maximum atomic E-state index is 12.9. The molecule has 1 N–H and O–H groups in total. The second kappa shape index (κ2) is 7.44. The highest BCUT2D eigenvalue weighted by Crippen LogP contribution is 2.28. The average Bonchev–Trinajstić information content (AvgIpc) is 2.98. The minimum absolute atomic E-state index is 0.0410. The molecule has 0 bridgehead atoms. The molecule has 0 atom stereocenters. The molecule has 0 saturated heterocycles. The highest BCUT2D eigenvalue weighted by atomic mass is 16.7. The first-order valence-electron chi connectivity index (χ1n) is 9.40. The number of carbonyl (C=O) groups is 4. The van der Waals surface area contributed by atoms with E-state index in [1.807, 2.05) is 24.3 Å². The van der Waals surface area contributed by atoms with E-state index in [1.165, 1.54) is 12.1 Å². The number of nitrogens with zero attached hydrogens (tertiary/aromatic N) is 1. The van der Waals surface area contributed by atoms with Gasteiger partial charge in [0.05, 0.1) is 22.4 Å².